The Bertz CT molecular complexity index is 807. The fourth-order valence-electron chi connectivity index (χ4n) is 2.16. The van der Waals surface area contributed by atoms with Crippen LogP contribution in [0.3, 0.4) is 0 Å². The van der Waals surface area contributed by atoms with E-state index in [1.54, 1.807) is 20.4 Å². The Labute approximate surface area is 126 Å². The minimum Gasteiger partial charge on any atom is -0.497 e. The lowest BCUT2D eigenvalue weighted by Crippen LogP contribution is -2.13. The predicted octanol–water partition coefficient (Wildman–Crippen LogP) is 1.27. The van der Waals surface area contributed by atoms with Crippen LogP contribution in [0.25, 0.3) is 10.9 Å². The molecule has 0 atom stereocenters. The van der Waals surface area contributed by atoms with Crippen LogP contribution in [0.1, 0.15) is 12.1 Å². The maximum atomic E-state index is 12.0. The monoisotopic (exact) mass is 300 g/mol. The van der Waals surface area contributed by atoms with Crippen LogP contribution in [-0.2, 0) is 18.3 Å². The summed E-state index contributed by atoms with van der Waals surface area (Å²) in [6, 6.07) is 5.51. The zero-order valence-electron chi connectivity index (χ0n) is 12.3. The van der Waals surface area contributed by atoms with Crippen molar-refractivity contribution in [1.82, 2.24) is 25.2 Å². The van der Waals surface area contributed by atoms with E-state index in [2.05, 4.69) is 25.7 Å². The number of H-pyrrole nitrogens is 1. The first-order valence-electron chi connectivity index (χ1n) is 6.83. The highest BCUT2D eigenvalue weighted by atomic mass is 16.5. The Balaban J connectivity index is 1.66. The number of fused-ring (bicyclic) bond motifs is 1. The van der Waals surface area contributed by atoms with E-state index < -0.39 is 0 Å². The van der Waals surface area contributed by atoms with Crippen molar-refractivity contribution in [3.8, 4) is 5.75 Å². The molecule has 0 saturated heterocycles. The molecular formula is C14H16N6O2. The quantitative estimate of drug-likeness (QED) is 0.739. The molecule has 0 bridgehead atoms. The van der Waals surface area contributed by atoms with Crippen LogP contribution < -0.4 is 10.1 Å². The summed E-state index contributed by atoms with van der Waals surface area (Å²) < 4.78 is 5.15. The number of hydrogen-bond donors (Lipinski definition) is 2. The number of amides is 1. The van der Waals surface area contributed by atoms with Crippen molar-refractivity contribution in [2.45, 2.75) is 12.8 Å². The molecule has 0 radical (unpaired) electrons. The van der Waals surface area contributed by atoms with E-state index in [9.17, 15) is 4.79 Å². The molecule has 2 aromatic heterocycles. The minimum absolute atomic E-state index is 0.116. The SMILES string of the molecule is COc1ccc2c(NC(=O)CCc3cnn(C)n3)n[nH]c2c1. The molecule has 0 aliphatic rings. The Kier molecular flexibility index (Phi) is 3.73. The number of nitrogens with one attached hydrogen (secondary N) is 2. The number of benzene rings is 1. The maximum Gasteiger partial charge on any atom is 0.225 e. The molecule has 0 aliphatic carbocycles. The van der Waals surface area contributed by atoms with E-state index >= 15 is 0 Å². The summed E-state index contributed by atoms with van der Waals surface area (Å²) in [6.07, 6.45) is 2.52. The third-order valence-electron chi connectivity index (χ3n) is 3.28. The Morgan fingerprint density at radius 1 is 1.45 bits per heavy atom. The van der Waals surface area contributed by atoms with Gasteiger partial charge in [0.15, 0.2) is 5.82 Å². The van der Waals surface area contributed by atoms with Crippen molar-refractivity contribution in [2.75, 3.05) is 12.4 Å². The number of rotatable bonds is 5. The van der Waals surface area contributed by atoms with E-state index in [1.807, 2.05) is 18.2 Å². The molecule has 0 aliphatic heterocycles. The molecule has 3 rings (SSSR count). The molecule has 8 nitrogen and oxygen atoms in total. The molecule has 8 heteroatoms. The molecule has 0 spiro atoms. The molecule has 3 aromatic rings. The van der Waals surface area contributed by atoms with Crippen molar-refractivity contribution in [3.05, 3.63) is 30.1 Å². The van der Waals surface area contributed by atoms with Crippen LogP contribution in [0, 0.1) is 0 Å². The number of methoxy groups -OCH3 is 1. The normalized spacial score (nSPS) is 10.8. The van der Waals surface area contributed by atoms with Crippen molar-refractivity contribution < 1.29 is 9.53 Å². The minimum atomic E-state index is -0.116. The van der Waals surface area contributed by atoms with Crippen LogP contribution in [-0.4, -0.2) is 38.2 Å². The molecule has 1 amide bonds. The number of carbonyl (C=O) groups excluding carboxylic acids is 1. The molecule has 22 heavy (non-hydrogen) atoms. The highest BCUT2D eigenvalue weighted by molar-refractivity contribution is 5.99. The number of hydrogen-bond acceptors (Lipinski definition) is 5. The first kappa shape index (κ1) is 14.1. The largest absolute Gasteiger partial charge is 0.497 e. The third kappa shape index (κ3) is 2.90. The highest BCUT2D eigenvalue weighted by Crippen LogP contribution is 2.24. The first-order valence-corrected chi connectivity index (χ1v) is 6.83. The van der Waals surface area contributed by atoms with Gasteiger partial charge in [-0.15, -0.1) is 0 Å². The molecule has 2 N–H and O–H groups in total. The van der Waals surface area contributed by atoms with Gasteiger partial charge in [-0.1, -0.05) is 0 Å². The zero-order chi connectivity index (χ0) is 15.5. The van der Waals surface area contributed by atoms with Gasteiger partial charge < -0.3 is 10.1 Å². The molecule has 0 fully saturated rings. The van der Waals surface area contributed by atoms with Crippen molar-refractivity contribution in [1.29, 1.82) is 0 Å². The summed E-state index contributed by atoms with van der Waals surface area (Å²) in [6.45, 7) is 0. The van der Waals surface area contributed by atoms with Gasteiger partial charge in [-0.05, 0) is 12.1 Å². The Morgan fingerprint density at radius 2 is 2.32 bits per heavy atom. The van der Waals surface area contributed by atoms with E-state index in [0.29, 0.717) is 18.7 Å². The lowest BCUT2D eigenvalue weighted by molar-refractivity contribution is -0.116. The fourth-order valence-corrected chi connectivity index (χ4v) is 2.16. The van der Waals surface area contributed by atoms with Crippen LogP contribution in [0.5, 0.6) is 5.75 Å². The molecular weight excluding hydrogens is 284 g/mol. The van der Waals surface area contributed by atoms with Gasteiger partial charge in [0.2, 0.25) is 5.91 Å². The lowest BCUT2D eigenvalue weighted by Gasteiger charge is -2.02. The molecule has 0 unspecified atom stereocenters. The smallest absolute Gasteiger partial charge is 0.225 e. The summed E-state index contributed by atoms with van der Waals surface area (Å²) in [5, 5.41) is 18.8. The first-order chi connectivity index (χ1) is 10.7. The van der Waals surface area contributed by atoms with Gasteiger partial charge in [0, 0.05) is 31.3 Å². The topological polar surface area (TPSA) is 97.7 Å². The molecule has 114 valence electrons. The number of aromatic nitrogens is 5. The number of carbonyl (C=O) groups is 1. The van der Waals surface area contributed by atoms with Gasteiger partial charge in [-0.3, -0.25) is 9.89 Å². The van der Waals surface area contributed by atoms with Crippen molar-refractivity contribution in [2.24, 2.45) is 7.05 Å². The molecule has 2 heterocycles. The van der Waals surface area contributed by atoms with Crippen molar-refractivity contribution >= 4 is 22.6 Å². The number of aryl methyl sites for hydroxylation is 2. The summed E-state index contributed by atoms with van der Waals surface area (Å²) in [7, 11) is 3.35. The average molecular weight is 300 g/mol. The summed E-state index contributed by atoms with van der Waals surface area (Å²) >= 11 is 0. The average Bonchev–Trinajstić information content (AvgIpc) is 3.11. The summed E-state index contributed by atoms with van der Waals surface area (Å²) in [4.78, 5) is 13.5. The van der Waals surface area contributed by atoms with Gasteiger partial charge in [0.05, 0.1) is 24.5 Å². The van der Waals surface area contributed by atoms with E-state index in [1.165, 1.54) is 4.80 Å². The second-order valence-electron chi connectivity index (χ2n) is 4.86. The number of nitrogens with zero attached hydrogens (tertiary/aromatic N) is 4. The Hall–Kier alpha value is -2.90. The summed E-state index contributed by atoms with van der Waals surface area (Å²) in [5.41, 5.74) is 1.60. The van der Waals surface area contributed by atoms with Crippen molar-refractivity contribution in [3.63, 3.8) is 0 Å². The van der Waals surface area contributed by atoms with E-state index in [4.69, 9.17) is 4.74 Å². The molecule has 0 saturated carbocycles. The number of anilines is 1. The standard InChI is InChI=1S/C14H16N6O2/c1-20-15-8-9(19-20)3-6-13(21)16-14-11-5-4-10(22-2)7-12(11)17-18-14/h4-5,7-8H,3,6H2,1-2H3,(H2,16,17,18,21). The number of aromatic amines is 1. The fraction of sp³-hybridized carbons (Fsp3) is 0.286. The lowest BCUT2D eigenvalue weighted by atomic mass is 10.2. The second kappa shape index (κ2) is 5.84. The van der Waals surface area contributed by atoms with Gasteiger partial charge in [-0.25, -0.2) is 0 Å². The third-order valence-corrected chi connectivity index (χ3v) is 3.28. The van der Waals surface area contributed by atoms with E-state index in [0.717, 1.165) is 22.3 Å². The maximum absolute atomic E-state index is 12.0. The number of ether oxygens (including phenoxy) is 1. The predicted molar refractivity (Wildman–Crippen MR) is 80.6 cm³/mol. The zero-order valence-corrected chi connectivity index (χ0v) is 12.3. The second-order valence-corrected chi connectivity index (χ2v) is 4.86. The Morgan fingerprint density at radius 3 is 3.05 bits per heavy atom. The van der Waals surface area contributed by atoms with Gasteiger partial charge >= 0.3 is 0 Å². The van der Waals surface area contributed by atoms with Gasteiger partial charge in [0.1, 0.15) is 5.75 Å². The van der Waals surface area contributed by atoms with Crippen LogP contribution >= 0.6 is 0 Å². The van der Waals surface area contributed by atoms with Crippen LogP contribution in [0.4, 0.5) is 5.82 Å². The van der Waals surface area contributed by atoms with Gasteiger partial charge in [-0.2, -0.15) is 20.1 Å². The molecule has 1 aromatic carbocycles. The van der Waals surface area contributed by atoms with Gasteiger partial charge in [0.25, 0.3) is 0 Å². The summed E-state index contributed by atoms with van der Waals surface area (Å²) in [5.74, 6) is 1.13. The van der Waals surface area contributed by atoms with E-state index in [-0.39, 0.29) is 5.91 Å². The highest BCUT2D eigenvalue weighted by Gasteiger charge is 2.11. The van der Waals surface area contributed by atoms with Crippen LogP contribution in [0.2, 0.25) is 0 Å². The van der Waals surface area contributed by atoms with Crippen LogP contribution in [0.15, 0.2) is 24.4 Å².